The van der Waals surface area contributed by atoms with Gasteiger partial charge in [0.25, 0.3) is 0 Å². The van der Waals surface area contributed by atoms with Crippen LogP contribution in [0.1, 0.15) is 16.5 Å². The first kappa shape index (κ1) is 21.0. The van der Waals surface area contributed by atoms with Crippen LogP contribution in [0.4, 0.5) is 5.69 Å². The van der Waals surface area contributed by atoms with Crippen molar-refractivity contribution in [3.8, 4) is 0 Å². The number of hydrogen-bond acceptors (Lipinski definition) is 6. The smallest absolute Gasteiger partial charge is 0.246 e. The number of nitrogens with zero attached hydrogens (tertiary/aromatic N) is 8. The van der Waals surface area contributed by atoms with E-state index in [-0.39, 0.29) is 12.5 Å². The van der Waals surface area contributed by atoms with Gasteiger partial charge in [0.05, 0.1) is 11.9 Å². The number of anilines is 1. The summed E-state index contributed by atoms with van der Waals surface area (Å²) in [6.07, 6.45) is 4.49. The molecule has 11 heteroatoms. The van der Waals surface area contributed by atoms with Gasteiger partial charge in [-0.25, -0.2) is 4.99 Å². The van der Waals surface area contributed by atoms with E-state index in [1.165, 1.54) is 4.88 Å². The molecule has 4 heterocycles. The second kappa shape index (κ2) is 9.29. The van der Waals surface area contributed by atoms with E-state index in [2.05, 4.69) is 38.1 Å². The van der Waals surface area contributed by atoms with E-state index in [0.29, 0.717) is 19.6 Å². The number of aromatic nitrogens is 5. The van der Waals surface area contributed by atoms with Gasteiger partial charge in [-0.15, -0.1) is 21.5 Å². The fourth-order valence-electron chi connectivity index (χ4n) is 3.43. The highest BCUT2D eigenvalue weighted by Crippen LogP contribution is 2.16. The topological polar surface area (TPSA) is 96.5 Å². The van der Waals surface area contributed by atoms with Gasteiger partial charge in [0.2, 0.25) is 5.91 Å². The van der Waals surface area contributed by atoms with Crippen LogP contribution in [0.3, 0.4) is 0 Å². The number of thiophene rings is 1. The van der Waals surface area contributed by atoms with Gasteiger partial charge in [0.1, 0.15) is 18.9 Å². The van der Waals surface area contributed by atoms with Crippen LogP contribution in [0.5, 0.6) is 0 Å². The Labute approximate surface area is 185 Å². The molecule has 0 unspecified atom stereocenters. The number of piperazine rings is 1. The predicted octanol–water partition coefficient (Wildman–Crippen LogP) is 0.956. The highest BCUT2D eigenvalue weighted by molar-refractivity contribution is 7.09. The molecule has 0 aromatic carbocycles. The zero-order valence-electron chi connectivity index (χ0n) is 18.0. The van der Waals surface area contributed by atoms with Crippen molar-refractivity contribution in [2.24, 2.45) is 19.1 Å². The van der Waals surface area contributed by atoms with Crippen molar-refractivity contribution in [1.29, 1.82) is 0 Å². The third-order valence-corrected chi connectivity index (χ3v) is 6.25. The van der Waals surface area contributed by atoms with Gasteiger partial charge in [-0.2, -0.15) is 5.10 Å². The second-order valence-corrected chi connectivity index (χ2v) is 8.49. The van der Waals surface area contributed by atoms with E-state index in [4.69, 9.17) is 4.99 Å². The molecule has 1 fully saturated rings. The summed E-state index contributed by atoms with van der Waals surface area (Å²) in [6, 6.07) is 4.18. The molecule has 3 aromatic heterocycles. The van der Waals surface area contributed by atoms with Crippen LogP contribution in [0.2, 0.25) is 0 Å². The Bertz CT molecular complexity index is 1050. The summed E-state index contributed by atoms with van der Waals surface area (Å²) in [4.78, 5) is 22.7. The maximum atomic E-state index is 12.9. The Balaban J connectivity index is 1.45. The first-order valence-corrected chi connectivity index (χ1v) is 11.1. The lowest BCUT2D eigenvalue weighted by atomic mass is 10.3. The molecule has 0 spiro atoms. The molecule has 1 amide bonds. The minimum atomic E-state index is 0.0292. The van der Waals surface area contributed by atoms with Crippen molar-refractivity contribution in [3.63, 3.8) is 0 Å². The van der Waals surface area contributed by atoms with Gasteiger partial charge in [-0.05, 0) is 24.8 Å². The molecule has 0 radical (unpaired) electrons. The van der Waals surface area contributed by atoms with Crippen molar-refractivity contribution in [2.45, 2.75) is 19.9 Å². The fourth-order valence-corrected chi connectivity index (χ4v) is 4.14. The quantitative estimate of drug-likeness (QED) is 0.452. The molecule has 1 N–H and O–H groups in total. The van der Waals surface area contributed by atoms with E-state index in [9.17, 15) is 4.79 Å². The Morgan fingerprint density at radius 1 is 1.29 bits per heavy atom. The van der Waals surface area contributed by atoms with Gasteiger partial charge < -0.3 is 19.7 Å². The number of guanidine groups is 1. The van der Waals surface area contributed by atoms with Crippen molar-refractivity contribution in [2.75, 3.05) is 31.1 Å². The summed E-state index contributed by atoms with van der Waals surface area (Å²) in [5.41, 5.74) is 0.825. The van der Waals surface area contributed by atoms with Crippen LogP contribution < -0.4 is 10.2 Å². The van der Waals surface area contributed by atoms with Crippen LogP contribution in [-0.2, 0) is 31.9 Å². The molecular weight excluding hydrogens is 414 g/mol. The summed E-state index contributed by atoms with van der Waals surface area (Å²) in [5, 5.41) is 18.0. The lowest BCUT2D eigenvalue weighted by molar-refractivity contribution is -0.120. The van der Waals surface area contributed by atoms with E-state index in [1.807, 2.05) is 36.7 Å². The van der Waals surface area contributed by atoms with Crippen molar-refractivity contribution >= 4 is 28.9 Å². The third-order valence-electron chi connectivity index (χ3n) is 5.31. The number of amides is 1. The standard InChI is InChI=1S/C20H27N9OS/c1-15-24-25-18(27(15)3)12-22-20(21-7-6-17-5-4-10-31-17)28-8-9-29(19(30)14-28)16-11-23-26(2)13-16/h4-5,10-11,13H,6-9,12,14H2,1-3H3,(H,21,22). The van der Waals surface area contributed by atoms with E-state index in [1.54, 1.807) is 27.1 Å². The van der Waals surface area contributed by atoms with Gasteiger partial charge in [-0.1, -0.05) is 6.07 Å². The summed E-state index contributed by atoms with van der Waals surface area (Å²) >= 11 is 1.74. The number of carbonyl (C=O) groups is 1. The SMILES string of the molecule is Cc1nnc(CN=C(NCCc2cccs2)N2CCN(c3cnn(C)c3)C(=O)C2)n1C. The van der Waals surface area contributed by atoms with Crippen molar-refractivity contribution < 1.29 is 4.79 Å². The second-order valence-electron chi connectivity index (χ2n) is 7.46. The molecule has 10 nitrogen and oxygen atoms in total. The molecule has 164 valence electrons. The fraction of sp³-hybridized carbons (Fsp3) is 0.450. The lowest BCUT2D eigenvalue weighted by Crippen LogP contribution is -2.55. The third kappa shape index (κ3) is 4.93. The number of rotatable bonds is 6. The minimum absolute atomic E-state index is 0.0292. The maximum Gasteiger partial charge on any atom is 0.246 e. The Morgan fingerprint density at radius 2 is 2.16 bits per heavy atom. The normalized spacial score (nSPS) is 15.1. The number of aliphatic imine (C=N–C) groups is 1. The number of aryl methyl sites for hydroxylation is 2. The largest absolute Gasteiger partial charge is 0.356 e. The van der Waals surface area contributed by atoms with Crippen LogP contribution in [0, 0.1) is 6.92 Å². The molecule has 0 saturated carbocycles. The molecular formula is C20H27N9OS. The summed E-state index contributed by atoms with van der Waals surface area (Å²) in [6.45, 7) is 4.58. The zero-order chi connectivity index (χ0) is 21.8. The minimum Gasteiger partial charge on any atom is -0.356 e. The van der Waals surface area contributed by atoms with Gasteiger partial charge in [0.15, 0.2) is 11.8 Å². The maximum absolute atomic E-state index is 12.9. The first-order chi connectivity index (χ1) is 15.0. The molecule has 1 aliphatic rings. The van der Waals surface area contributed by atoms with E-state index >= 15 is 0 Å². The van der Waals surface area contributed by atoms with Gasteiger partial charge in [0, 0.05) is 44.8 Å². The summed E-state index contributed by atoms with van der Waals surface area (Å²) < 4.78 is 3.63. The highest BCUT2D eigenvalue weighted by atomic mass is 32.1. The molecule has 3 aromatic rings. The Hall–Kier alpha value is -3.21. The molecule has 0 atom stereocenters. The highest BCUT2D eigenvalue weighted by Gasteiger charge is 2.27. The molecule has 31 heavy (non-hydrogen) atoms. The van der Waals surface area contributed by atoms with Crippen LogP contribution in [0.15, 0.2) is 34.9 Å². The molecule has 0 bridgehead atoms. The van der Waals surface area contributed by atoms with E-state index in [0.717, 1.165) is 36.3 Å². The molecule has 0 aliphatic carbocycles. The van der Waals surface area contributed by atoms with Crippen molar-refractivity contribution in [3.05, 3.63) is 46.4 Å². The number of nitrogens with one attached hydrogen (secondary N) is 1. The summed E-state index contributed by atoms with van der Waals surface area (Å²) in [7, 11) is 3.78. The molecule has 1 saturated heterocycles. The van der Waals surface area contributed by atoms with Crippen LogP contribution in [0.25, 0.3) is 0 Å². The lowest BCUT2D eigenvalue weighted by Gasteiger charge is -2.35. The zero-order valence-corrected chi connectivity index (χ0v) is 18.8. The Morgan fingerprint density at radius 3 is 2.81 bits per heavy atom. The Kier molecular flexibility index (Phi) is 6.31. The number of hydrogen-bond donors (Lipinski definition) is 1. The monoisotopic (exact) mass is 441 g/mol. The first-order valence-electron chi connectivity index (χ1n) is 10.2. The number of carbonyl (C=O) groups excluding carboxylic acids is 1. The summed E-state index contributed by atoms with van der Waals surface area (Å²) in [5.74, 6) is 2.38. The molecule has 1 aliphatic heterocycles. The van der Waals surface area contributed by atoms with Gasteiger partial charge in [-0.3, -0.25) is 9.48 Å². The average molecular weight is 442 g/mol. The van der Waals surface area contributed by atoms with Gasteiger partial charge >= 0.3 is 0 Å². The van der Waals surface area contributed by atoms with Crippen LogP contribution >= 0.6 is 11.3 Å². The van der Waals surface area contributed by atoms with Crippen LogP contribution in [-0.4, -0.2) is 67.5 Å². The van der Waals surface area contributed by atoms with Crippen molar-refractivity contribution in [1.82, 2.24) is 34.8 Å². The van der Waals surface area contributed by atoms with E-state index < -0.39 is 0 Å². The molecule has 4 rings (SSSR count). The average Bonchev–Trinajstić information content (AvgIpc) is 3.49. The predicted molar refractivity (Wildman–Crippen MR) is 120 cm³/mol.